The predicted octanol–water partition coefficient (Wildman–Crippen LogP) is 3.74. The van der Waals surface area contributed by atoms with Crippen molar-refractivity contribution < 1.29 is 4.74 Å². The summed E-state index contributed by atoms with van der Waals surface area (Å²) in [6.07, 6.45) is 1.05. The summed E-state index contributed by atoms with van der Waals surface area (Å²) in [5.74, 6) is 0.839. The molecule has 18 heavy (non-hydrogen) atoms. The van der Waals surface area contributed by atoms with E-state index in [0.717, 1.165) is 35.8 Å². The van der Waals surface area contributed by atoms with Gasteiger partial charge in [-0.3, -0.25) is 0 Å². The molecule has 0 aliphatic rings. The molecule has 0 aliphatic carbocycles. The van der Waals surface area contributed by atoms with Crippen molar-refractivity contribution in [1.29, 1.82) is 0 Å². The molecule has 0 spiro atoms. The Hall–Kier alpha value is -1.03. The molecule has 0 unspecified atom stereocenters. The number of hydrogen-bond donors (Lipinski definition) is 1. The molecule has 0 fully saturated rings. The van der Waals surface area contributed by atoms with Gasteiger partial charge in [0, 0.05) is 28.6 Å². The minimum atomic E-state index is 0.730. The molecular weight excluding hydrogens is 266 g/mol. The molecule has 1 N–H and O–H groups in total. The summed E-state index contributed by atoms with van der Waals surface area (Å²) in [5, 5.41) is 6.25. The van der Waals surface area contributed by atoms with Crippen molar-refractivity contribution in [2.24, 2.45) is 0 Å². The lowest BCUT2D eigenvalue weighted by molar-refractivity contribution is 0.408. The highest BCUT2D eigenvalue weighted by molar-refractivity contribution is 7.09. The summed E-state index contributed by atoms with van der Waals surface area (Å²) < 4.78 is 5.31. The van der Waals surface area contributed by atoms with Crippen LogP contribution < -0.4 is 10.1 Å². The zero-order chi connectivity index (χ0) is 12.8. The molecular formula is C14H16ClNOS. The third kappa shape index (κ3) is 3.48. The van der Waals surface area contributed by atoms with Crippen molar-refractivity contribution in [3.8, 4) is 5.75 Å². The van der Waals surface area contributed by atoms with E-state index in [9.17, 15) is 0 Å². The quantitative estimate of drug-likeness (QED) is 0.815. The number of nitrogens with one attached hydrogen (secondary N) is 1. The molecule has 2 aromatic rings. The molecule has 0 bridgehead atoms. The third-order valence-corrected chi connectivity index (χ3v) is 4.02. The summed E-state index contributed by atoms with van der Waals surface area (Å²) in [4.78, 5) is 1.40. The van der Waals surface area contributed by atoms with Gasteiger partial charge < -0.3 is 10.1 Å². The van der Waals surface area contributed by atoms with E-state index in [1.165, 1.54) is 4.88 Å². The van der Waals surface area contributed by atoms with Gasteiger partial charge in [0.2, 0.25) is 0 Å². The molecule has 0 aliphatic heterocycles. The van der Waals surface area contributed by atoms with Crippen molar-refractivity contribution in [3.63, 3.8) is 0 Å². The lowest BCUT2D eigenvalue weighted by Crippen LogP contribution is -2.17. The minimum Gasteiger partial charge on any atom is -0.496 e. The Kier molecular flexibility index (Phi) is 5.05. The van der Waals surface area contributed by atoms with Crippen LogP contribution in [-0.2, 0) is 13.0 Å². The maximum absolute atomic E-state index is 6.17. The number of hydrogen-bond acceptors (Lipinski definition) is 3. The fourth-order valence-electron chi connectivity index (χ4n) is 1.78. The van der Waals surface area contributed by atoms with Crippen LogP contribution >= 0.6 is 22.9 Å². The van der Waals surface area contributed by atoms with E-state index in [2.05, 4.69) is 22.8 Å². The molecule has 1 aromatic carbocycles. The van der Waals surface area contributed by atoms with Crippen LogP contribution in [0.1, 0.15) is 10.4 Å². The summed E-state index contributed by atoms with van der Waals surface area (Å²) in [7, 11) is 1.67. The molecule has 4 heteroatoms. The molecule has 0 radical (unpaired) electrons. The smallest absolute Gasteiger partial charge is 0.124 e. The molecule has 0 saturated carbocycles. The number of rotatable bonds is 6. The first-order chi connectivity index (χ1) is 8.81. The second kappa shape index (κ2) is 6.78. The minimum absolute atomic E-state index is 0.730. The Labute approximate surface area is 117 Å². The Balaban J connectivity index is 1.86. The van der Waals surface area contributed by atoms with Gasteiger partial charge in [-0.25, -0.2) is 0 Å². The first-order valence-corrected chi connectivity index (χ1v) is 7.11. The van der Waals surface area contributed by atoms with E-state index in [4.69, 9.17) is 16.3 Å². The van der Waals surface area contributed by atoms with Gasteiger partial charge in [-0.05, 0) is 30.0 Å². The van der Waals surface area contributed by atoms with E-state index in [1.807, 2.05) is 18.2 Å². The first-order valence-electron chi connectivity index (χ1n) is 5.85. The number of thiophene rings is 1. The fourth-order valence-corrected chi connectivity index (χ4v) is 2.72. The Morgan fingerprint density at radius 1 is 1.28 bits per heavy atom. The molecule has 1 aromatic heterocycles. The van der Waals surface area contributed by atoms with Gasteiger partial charge in [0.25, 0.3) is 0 Å². The van der Waals surface area contributed by atoms with E-state index in [0.29, 0.717) is 0 Å². The second-order valence-electron chi connectivity index (χ2n) is 3.93. The van der Waals surface area contributed by atoms with Gasteiger partial charge in [0.1, 0.15) is 5.75 Å². The summed E-state index contributed by atoms with van der Waals surface area (Å²) in [6.45, 7) is 1.67. The van der Waals surface area contributed by atoms with Gasteiger partial charge >= 0.3 is 0 Å². The molecule has 0 saturated heterocycles. The van der Waals surface area contributed by atoms with Crippen LogP contribution in [0.3, 0.4) is 0 Å². The molecule has 0 atom stereocenters. The summed E-state index contributed by atoms with van der Waals surface area (Å²) >= 11 is 7.96. The summed E-state index contributed by atoms with van der Waals surface area (Å²) in [5.41, 5.74) is 1.02. The maximum atomic E-state index is 6.17. The lowest BCUT2D eigenvalue weighted by Gasteiger charge is -2.11. The van der Waals surface area contributed by atoms with Crippen molar-refractivity contribution in [2.45, 2.75) is 13.0 Å². The van der Waals surface area contributed by atoms with Crippen molar-refractivity contribution in [3.05, 3.63) is 51.2 Å². The average molecular weight is 282 g/mol. The molecule has 96 valence electrons. The van der Waals surface area contributed by atoms with Crippen molar-refractivity contribution in [2.75, 3.05) is 13.7 Å². The fraction of sp³-hybridized carbons (Fsp3) is 0.286. The van der Waals surface area contributed by atoms with Crippen molar-refractivity contribution >= 4 is 22.9 Å². The second-order valence-corrected chi connectivity index (χ2v) is 5.37. The molecule has 2 rings (SSSR count). The van der Waals surface area contributed by atoms with Crippen LogP contribution in [0.2, 0.25) is 5.02 Å². The molecule has 0 amide bonds. The standard InChI is InChI=1S/C14H16ClNOS/c1-17-14-6-2-5-13(15)12(14)10-16-8-7-11-4-3-9-18-11/h2-6,9,16H,7-8,10H2,1H3. The van der Waals surface area contributed by atoms with E-state index >= 15 is 0 Å². The number of halogens is 1. The number of ether oxygens (including phenoxy) is 1. The Bertz CT molecular complexity index is 485. The van der Waals surface area contributed by atoms with E-state index < -0.39 is 0 Å². The van der Waals surface area contributed by atoms with Crippen LogP contribution in [-0.4, -0.2) is 13.7 Å². The zero-order valence-corrected chi connectivity index (χ0v) is 11.9. The van der Waals surface area contributed by atoms with Gasteiger partial charge in [-0.2, -0.15) is 0 Å². The van der Waals surface area contributed by atoms with Gasteiger partial charge in [0.05, 0.1) is 7.11 Å². The van der Waals surface area contributed by atoms with Crippen LogP contribution in [0, 0.1) is 0 Å². The highest BCUT2D eigenvalue weighted by atomic mass is 35.5. The van der Waals surface area contributed by atoms with Crippen molar-refractivity contribution in [1.82, 2.24) is 5.32 Å². The van der Waals surface area contributed by atoms with Crippen LogP contribution in [0.5, 0.6) is 5.75 Å². The zero-order valence-electron chi connectivity index (χ0n) is 10.3. The largest absolute Gasteiger partial charge is 0.496 e. The number of methoxy groups -OCH3 is 1. The average Bonchev–Trinajstić information content (AvgIpc) is 2.89. The lowest BCUT2D eigenvalue weighted by atomic mass is 10.2. The first kappa shape index (κ1) is 13.4. The van der Waals surface area contributed by atoms with E-state index in [-0.39, 0.29) is 0 Å². The van der Waals surface area contributed by atoms with Crippen LogP contribution in [0.4, 0.5) is 0 Å². The highest BCUT2D eigenvalue weighted by Gasteiger charge is 2.06. The van der Waals surface area contributed by atoms with Gasteiger partial charge in [-0.1, -0.05) is 23.7 Å². The Morgan fingerprint density at radius 2 is 2.17 bits per heavy atom. The van der Waals surface area contributed by atoms with Crippen LogP contribution in [0.25, 0.3) is 0 Å². The SMILES string of the molecule is COc1cccc(Cl)c1CNCCc1cccs1. The van der Waals surface area contributed by atoms with E-state index in [1.54, 1.807) is 18.4 Å². The highest BCUT2D eigenvalue weighted by Crippen LogP contribution is 2.25. The number of benzene rings is 1. The monoisotopic (exact) mass is 281 g/mol. The Morgan fingerprint density at radius 3 is 2.89 bits per heavy atom. The third-order valence-electron chi connectivity index (χ3n) is 2.73. The predicted molar refractivity (Wildman–Crippen MR) is 77.7 cm³/mol. The normalized spacial score (nSPS) is 10.6. The maximum Gasteiger partial charge on any atom is 0.124 e. The molecule has 1 heterocycles. The van der Waals surface area contributed by atoms with Gasteiger partial charge in [-0.15, -0.1) is 11.3 Å². The topological polar surface area (TPSA) is 21.3 Å². The summed E-state index contributed by atoms with van der Waals surface area (Å²) in [6, 6.07) is 9.96. The molecule has 2 nitrogen and oxygen atoms in total. The van der Waals surface area contributed by atoms with Gasteiger partial charge in [0.15, 0.2) is 0 Å². The van der Waals surface area contributed by atoms with Crippen LogP contribution in [0.15, 0.2) is 35.7 Å².